The van der Waals surface area contributed by atoms with Gasteiger partial charge in [-0.1, -0.05) is 43.5 Å². The normalized spacial score (nSPS) is 14.3. The van der Waals surface area contributed by atoms with Gasteiger partial charge in [0, 0.05) is 11.1 Å². The lowest BCUT2D eigenvalue weighted by atomic mass is 10.1. The van der Waals surface area contributed by atoms with Crippen LogP contribution in [0, 0.1) is 5.92 Å². The first-order valence-corrected chi connectivity index (χ1v) is 7.05. The monoisotopic (exact) mass is 289 g/mol. The molecule has 2 nitrogen and oxygen atoms in total. The van der Waals surface area contributed by atoms with Crippen LogP contribution in [0.1, 0.15) is 32.8 Å². The second kappa shape index (κ2) is 7.22. The van der Waals surface area contributed by atoms with Gasteiger partial charge in [-0.05, 0) is 37.0 Å². The molecule has 102 valence electrons. The molecule has 4 heteroatoms. The number of hydrogen-bond acceptors (Lipinski definition) is 2. The van der Waals surface area contributed by atoms with Crippen LogP contribution < -0.4 is 10.5 Å². The lowest BCUT2D eigenvalue weighted by molar-refractivity contribution is 0.254. The molecule has 0 bridgehead atoms. The lowest BCUT2D eigenvalue weighted by Gasteiger charge is -2.17. The number of nitrogens with two attached hydrogens (primary N) is 1. The van der Waals surface area contributed by atoms with Crippen LogP contribution in [0.25, 0.3) is 0 Å². The minimum absolute atomic E-state index is 0.0467. The molecule has 0 aliphatic rings. The van der Waals surface area contributed by atoms with Gasteiger partial charge in [-0.3, -0.25) is 0 Å². The Morgan fingerprint density at radius 2 is 1.94 bits per heavy atom. The van der Waals surface area contributed by atoms with Crippen molar-refractivity contribution in [3.63, 3.8) is 0 Å². The van der Waals surface area contributed by atoms with Crippen LogP contribution in [0.5, 0.6) is 5.75 Å². The van der Waals surface area contributed by atoms with Gasteiger partial charge in [0.1, 0.15) is 5.75 Å². The molecule has 1 aromatic carbocycles. The van der Waals surface area contributed by atoms with Gasteiger partial charge in [-0.15, -0.1) is 0 Å². The second-order valence-corrected chi connectivity index (χ2v) is 5.73. The number of rotatable bonds is 6. The fourth-order valence-electron chi connectivity index (χ4n) is 1.62. The summed E-state index contributed by atoms with van der Waals surface area (Å²) in [5, 5.41) is 1.17. The van der Waals surface area contributed by atoms with Gasteiger partial charge in [0.2, 0.25) is 0 Å². The molecular formula is C14H21Cl2NO. The third-order valence-corrected chi connectivity index (χ3v) is 3.34. The van der Waals surface area contributed by atoms with E-state index in [9.17, 15) is 0 Å². The maximum atomic E-state index is 6.19. The molecular weight excluding hydrogens is 269 g/mol. The summed E-state index contributed by atoms with van der Waals surface area (Å²) in [6, 6.07) is 3.63. The summed E-state index contributed by atoms with van der Waals surface area (Å²) < 4.78 is 5.83. The molecule has 1 rings (SSSR count). The van der Waals surface area contributed by atoms with Crippen molar-refractivity contribution in [1.29, 1.82) is 0 Å². The summed E-state index contributed by atoms with van der Waals surface area (Å²) in [6.45, 7) is 6.90. The first-order valence-electron chi connectivity index (χ1n) is 6.30. The third-order valence-electron chi connectivity index (χ3n) is 2.84. The van der Waals surface area contributed by atoms with Crippen LogP contribution >= 0.6 is 23.2 Å². The largest absolute Gasteiger partial charge is 0.491 e. The highest BCUT2D eigenvalue weighted by atomic mass is 35.5. The van der Waals surface area contributed by atoms with Crippen molar-refractivity contribution in [2.24, 2.45) is 11.7 Å². The van der Waals surface area contributed by atoms with Crippen LogP contribution in [0.4, 0.5) is 0 Å². The number of benzene rings is 1. The molecule has 0 fully saturated rings. The maximum absolute atomic E-state index is 6.19. The number of hydrogen-bond donors (Lipinski definition) is 1. The average molecular weight is 290 g/mol. The van der Waals surface area contributed by atoms with Crippen molar-refractivity contribution in [2.75, 3.05) is 6.61 Å². The Hall–Kier alpha value is -0.440. The predicted molar refractivity (Wildman–Crippen MR) is 78.8 cm³/mol. The van der Waals surface area contributed by atoms with E-state index in [0.29, 0.717) is 29.0 Å². The highest BCUT2D eigenvalue weighted by Gasteiger charge is 2.13. The molecule has 0 aromatic heterocycles. The molecule has 0 heterocycles. The first kappa shape index (κ1) is 15.6. The smallest absolute Gasteiger partial charge is 0.141 e. The molecule has 1 aromatic rings. The van der Waals surface area contributed by atoms with Gasteiger partial charge in [0.25, 0.3) is 0 Å². The first-order chi connectivity index (χ1) is 8.43. The summed E-state index contributed by atoms with van der Waals surface area (Å²) in [7, 11) is 0. The van der Waals surface area contributed by atoms with Crippen LogP contribution in [0.2, 0.25) is 10.0 Å². The summed E-state index contributed by atoms with van der Waals surface area (Å²) in [4.78, 5) is 0. The fourth-order valence-corrected chi connectivity index (χ4v) is 2.21. The Labute approximate surface area is 119 Å². The molecule has 0 saturated carbocycles. The topological polar surface area (TPSA) is 35.2 Å². The predicted octanol–water partition coefficient (Wildman–Crippen LogP) is 4.31. The van der Waals surface area contributed by atoms with E-state index in [4.69, 9.17) is 33.7 Å². The molecule has 0 amide bonds. The molecule has 2 atom stereocenters. The van der Waals surface area contributed by atoms with E-state index in [-0.39, 0.29) is 6.04 Å². The van der Waals surface area contributed by atoms with Crippen LogP contribution in [-0.4, -0.2) is 12.6 Å². The van der Waals surface area contributed by atoms with Gasteiger partial charge in [-0.25, -0.2) is 0 Å². The Bertz CT molecular complexity index is 394. The summed E-state index contributed by atoms with van der Waals surface area (Å²) in [5.74, 6) is 1.22. The molecule has 0 spiro atoms. The quantitative estimate of drug-likeness (QED) is 0.847. The zero-order valence-electron chi connectivity index (χ0n) is 11.2. The van der Waals surface area contributed by atoms with Crippen LogP contribution in [0.15, 0.2) is 12.1 Å². The summed E-state index contributed by atoms with van der Waals surface area (Å²) in [6.07, 6.45) is 1.78. The van der Waals surface area contributed by atoms with E-state index in [1.807, 2.05) is 13.0 Å². The molecule has 0 radical (unpaired) electrons. The van der Waals surface area contributed by atoms with Crippen molar-refractivity contribution >= 4 is 23.2 Å². The highest BCUT2D eigenvalue weighted by molar-refractivity contribution is 6.35. The highest BCUT2D eigenvalue weighted by Crippen LogP contribution is 2.33. The SMILES string of the molecule is CCC(C)COc1c(Cl)cc(Cl)cc1CC(C)N. The molecule has 0 aliphatic heterocycles. The molecule has 0 saturated heterocycles. The Morgan fingerprint density at radius 3 is 2.50 bits per heavy atom. The van der Waals surface area contributed by atoms with Crippen LogP contribution in [-0.2, 0) is 6.42 Å². The zero-order valence-corrected chi connectivity index (χ0v) is 12.7. The van der Waals surface area contributed by atoms with Gasteiger partial charge in [0.15, 0.2) is 0 Å². The van der Waals surface area contributed by atoms with E-state index in [0.717, 1.165) is 17.7 Å². The molecule has 2 unspecified atom stereocenters. The van der Waals surface area contributed by atoms with Crippen molar-refractivity contribution in [3.8, 4) is 5.75 Å². The maximum Gasteiger partial charge on any atom is 0.141 e. The minimum atomic E-state index is 0.0467. The van der Waals surface area contributed by atoms with E-state index in [1.165, 1.54) is 0 Å². The minimum Gasteiger partial charge on any atom is -0.491 e. The van der Waals surface area contributed by atoms with Crippen molar-refractivity contribution < 1.29 is 4.74 Å². The second-order valence-electron chi connectivity index (χ2n) is 4.88. The van der Waals surface area contributed by atoms with E-state index >= 15 is 0 Å². The number of halogens is 2. The Morgan fingerprint density at radius 1 is 1.28 bits per heavy atom. The van der Waals surface area contributed by atoms with E-state index in [2.05, 4.69) is 13.8 Å². The number of ether oxygens (including phenoxy) is 1. The van der Waals surface area contributed by atoms with Crippen molar-refractivity contribution in [1.82, 2.24) is 0 Å². The Balaban J connectivity index is 2.92. The van der Waals surface area contributed by atoms with E-state index in [1.54, 1.807) is 6.07 Å². The summed E-state index contributed by atoms with van der Waals surface area (Å²) >= 11 is 12.2. The van der Waals surface area contributed by atoms with Crippen molar-refractivity contribution in [2.45, 2.75) is 39.7 Å². The molecule has 18 heavy (non-hydrogen) atoms. The average Bonchev–Trinajstić information content (AvgIpc) is 2.26. The Kier molecular flexibility index (Phi) is 6.27. The van der Waals surface area contributed by atoms with Gasteiger partial charge < -0.3 is 10.5 Å². The lowest BCUT2D eigenvalue weighted by Crippen LogP contribution is -2.19. The standard InChI is InChI=1S/C14H21Cl2NO/c1-4-9(2)8-18-14-11(5-10(3)17)6-12(15)7-13(14)16/h6-7,9-10H,4-5,8,17H2,1-3H3. The third kappa shape index (κ3) is 4.68. The van der Waals surface area contributed by atoms with E-state index < -0.39 is 0 Å². The van der Waals surface area contributed by atoms with Crippen LogP contribution in [0.3, 0.4) is 0 Å². The van der Waals surface area contributed by atoms with Gasteiger partial charge in [0.05, 0.1) is 11.6 Å². The van der Waals surface area contributed by atoms with Gasteiger partial charge in [-0.2, -0.15) is 0 Å². The molecule has 0 aliphatic carbocycles. The summed E-state index contributed by atoms with van der Waals surface area (Å²) in [5.41, 5.74) is 6.81. The van der Waals surface area contributed by atoms with Crippen molar-refractivity contribution in [3.05, 3.63) is 27.7 Å². The molecule has 2 N–H and O–H groups in total. The zero-order chi connectivity index (χ0) is 13.7. The fraction of sp³-hybridized carbons (Fsp3) is 0.571. The van der Waals surface area contributed by atoms with Gasteiger partial charge >= 0.3 is 0 Å².